The number of aromatic nitrogens is 3. The molecule has 25 heavy (non-hydrogen) atoms. The first-order valence-corrected chi connectivity index (χ1v) is 8.47. The van der Waals surface area contributed by atoms with E-state index in [0.717, 1.165) is 31.0 Å². The van der Waals surface area contributed by atoms with Crippen molar-refractivity contribution in [2.75, 3.05) is 51.7 Å². The molecule has 1 aliphatic heterocycles. The highest BCUT2D eigenvalue weighted by Gasteiger charge is 2.22. The first kappa shape index (κ1) is 17.3. The molecule has 2 aromatic rings. The molecule has 2 aromatic heterocycles. The Morgan fingerprint density at radius 3 is 2.84 bits per heavy atom. The maximum absolute atomic E-state index is 12.3. The van der Waals surface area contributed by atoms with Gasteiger partial charge in [0.1, 0.15) is 5.82 Å². The van der Waals surface area contributed by atoms with Gasteiger partial charge in [-0.15, -0.1) is 0 Å². The van der Waals surface area contributed by atoms with Crippen molar-refractivity contribution in [2.24, 2.45) is 0 Å². The average molecular weight is 344 g/mol. The number of hydrogen-bond acceptors (Lipinski definition) is 7. The molecule has 0 atom stereocenters. The quantitative estimate of drug-likeness (QED) is 0.802. The summed E-state index contributed by atoms with van der Waals surface area (Å²) < 4.78 is 5.23. The number of likely N-dealkylation sites (N-methyl/N-ethyl adjacent to an activating group) is 1. The molecule has 0 bridgehead atoms. The maximum Gasteiger partial charge on any atom is 0.258 e. The van der Waals surface area contributed by atoms with Crippen molar-refractivity contribution in [3.05, 3.63) is 24.2 Å². The summed E-state index contributed by atoms with van der Waals surface area (Å²) >= 11 is 0. The Bertz CT molecular complexity index is 729. The summed E-state index contributed by atoms with van der Waals surface area (Å²) in [6.45, 7) is 5.55. The van der Waals surface area contributed by atoms with E-state index in [-0.39, 0.29) is 5.91 Å². The second-order valence-electron chi connectivity index (χ2n) is 6.47. The van der Waals surface area contributed by atoms with E-state index in [1.54, 1.807) is 13.1 Å². The Balaban J connectivity index is 1.71. The molecule has 1 saturated heterocycles. The summed E-state index contributed by atoms with van der Waals surface area (Å²) in [5.41, 5.74) is 0.839. The van der Waals surface area contributed by atoms with Crippen LogP contribution in [0, 0.1) is 6.92 Å². The van der Waals surface area contributed by atoms with Crippen molar-refractivity contribution in [3.8, 4) is 11.5 Å². The van der Waals surface area contributed by atoms with Gasteiger partial charge in [0.05, 0.1) is 0 Å². The van der Waals surface area contributed by atoms with Gasteiger partial charge >= 0.3 is 0 Å². The fourth-order valence-electron chi connectivity index (χ4n) is 2.79. The van der Waals surface area contributed by atoms with E-state index in [0.29, 0.717) is 31.2 Å². The second-order valence-corrected chi connectivity index (χ2v) is 6.47. The minimum atomic E-state index is 0.202. The van der Waals surface area contributed by atoms with E-state index in [4.69, 9.17) is 4.52 Å². The van der Waals surface area contributed by atoms with E-state index in [1.165, 1.54) is 0 Å². The molecule has 0 radical (unpaired) electrons. The standard InChI is InChI=1S/C17H24N6O2/c1-13-19-17(25-20-13)14-4-6-18-15(12-14)22-7-5-16(24)23(11-10-22)9-8-21(2)3/h4,6,12H,5,7-11H2,1-3H3. The summed E-state index contributed by atoms with van der Waals surface area (Å²) in [4.78, 5) is 27.2. The third-order valence-corrected chi connectivity index (χ3v) is 4.25. The van der Waals surface area contributed by atoms with Crippen LogP contribution < -0.4 is 4.90 Å². The van der Waals surface area contributed by atoms with Gasteiger partial charge in [0.2, 0.25) is 5.91 Å². The number of amides is 1. The first-order valence-electron chi connectivity index (χ1n) is 8.47. The smallest absolute Gasteiger partial charge is 0.258 e. The molecule has 0 N–H and O–H groups in total. The lowest BCUT2D eigenvalue weighted by Gasteiger charge is -2.24. The molecule has 0 aliphatic carbocycles. The molecular formula is C17H24N6O2. The van der Waals surface area contributed by atoms with Crippen LogP contribution in [-0.2, 0) is 4.79 Å². The predicted octanol–water partition coefficient (Wildman–Crippen LogP) is 1.04. The van der Waals surface area contributed by atoms with Crippen LogP contribution in [0.15, 0.2) is 22.9 Å². The molecule has 8 nitrogen and oxygen atoms in total. The van der Waals surface area contributed by atoms with Gasteiger partial charge < -0.3 is 19.2 Å². The van der Waals surface area contributed by atoms with Crippen LogP contribution in [0.5, 0.6) is 0 Å². The van der Waals surface area contributed by atoms with E-state index in [2.05, 4.69) is 24.9 Å². The SMILES string of the molecule is Cc1noc(-c2ccnc(N3CCC(=O)N(CCN(C)C)CC3)c2)n1. The van der Waals surface area contributed by atoms with Crippen molar-refractivity contribution >= 4 is 11.7 Å². The molecule has 0 unspecified atom stereocenters. The Labute approximate surface area is 147 Å². The zero-order valence-corrected chi connectivity index (χ0v) is 15.0. The highest BCUT2D eigenvalue weighted by Crippen LogP contribution is 2.22. The maximum atomic E-state index is 12.3. The minimum absolute atomic E-state index is 0.202. The summed E-state index contributed by atoms with van der Waals surface area (Å²) in [5.74, 6) is 2.12. The van der Waals surface area contributed by atoms with Crippen molar-refractivity contribution in [2.45, 2.75) is 13.3 Å². The number of carbonyl (C=O) groups is 1. The minimum Gasteiger partial charge on any atom is -0.354 e. The molecule has 1 aliphatic rings. The fourth-order valence-corrected chi connectivity index (χ4v) is 2.79. The van der Waals surface area contributed by atoms with Gasteiger partial charge in [0.25, 0.3) is 5.89 Å². The van der Waals surface area contributed by atoms with Crippen LogP contribution in [0.3, 0.4) is 0 Å². The second kappa shape index (κ2) is 7.60. The van der Waals surface area contributed by atoms with Crippen LogP contribution >= 0.6 is 0 Å². The third-order valence-electron chi connectivity index (χ3n) is 4.25. The van der Waals surface area contributed by atoms with Crippen molar-refractivity contribution in [1.29, 1.82) is 0 Å². The Hall–Kier alpha value is -2.48. The van der Waals surface area contributed by atoms with Crippen LogP contribution in [-0.4, -0.2) is 77.7 Å². The molecule has 134 valence electrons. The van der Waals surface area contributed by atoms with Gasteiger partial charge in [-0.2, -0.15) is 4.98 Å². The highest BCUT2D eigenvalue weighted by atomic mass is 16.5. The largest absolute Gasteiger partial charge is 0.354 e. The fraction of sp³-hybridized carbons (Fsp3) is 0.529. The molecule has 8 heteroatoms. The van der Waals surface area contributed by atoms with E-state index in [9.17, 15) is 4.79 Å². The van der Waals surface area contributed by atoms with Crippen molar-refractivity contribution in [3.63, 3.8) is 0 Å². The highest BCUT2D eigenvalue weighted by molar-refractivity contribution is 5.77. The molecule has 3 heterocycles. The number of carbonyl (C=O) groups excluding carboxylic acids is 1. The topological polar surface area (TPSA) is 78.6 Å². The zero-order valence-electron chi connectivity index (χ0n) is 15.0. The van der Waals surface area contributed by atoms with E-state index in [1.807, 2.05) is 31.1 Å². The summed E-state index contributed by atoms with van der Waals surface area (Å²) in [6, 6.07) is 3.79. The number of nitrogens with zero attached hydrogens (tertiary/aromatic N) is 6. The van der Waals surface area contributed by atoms with E-state index >= 15 is 0 Å². The van der Waals surface area contributed by atoms with E-state index < -0.39 is 0 Å². The van der Waals surface area contributed by atoms with Crippen molar-refractivity contribution < 1.29 is 9.32 Å². The number of rotatable bonds is 5. The Morgan fingerprint density at radius 1 is 1.28 bits per heavy atom. The van der Waals surface area contributed by atoms with Crippen LogP contribution in [0.25, 0.3) is 11.5 Å². The van der Waals surface area contributed by atoms with Gasteiger partial charge in [0, 0.05) is 50.9 Å². The Kier molecular flexibility index (Phi) is 5.28. The molecule has 1 fully saturated rings. The molecular weight excluding hydrogens is 320 g/mol. The molecule has 0 aromatic carbocycles. The first-order chi connectivity index (χ1) is 12.0. The number of aryl methyl sites for hydroxylation is 1. The zero-order chi connectivity index (χ0) is 17.8. The lowest BCUT2D eigenvalue weighted by Crippen LogP contribution is -2.38. The predicted molar refractivity (Wildman–Crippen MR) is 94.2 cm³/mol. The molecule has 0 saturated carbocycles. The van der Waals surface area contributed by atoms with Crippen LogP contribution in [0.2, 0.25) is 0 Å². The summed E-state index contributed by atoms with van der Waals surface area (Å²) in [7, 11) is 4.03. The number of pyridine rings is 1. The summed E-state index contributed by atoms with van der Waals surface area (Å²) in [5, 5.41) is 3.83. The summed E-state index contributed by atoms with van der Waals surface area (Å²) in [6.07, 6.45) is 2.24. The third kappa shape index (κ3) is 4.33. The Morgan fingerprint density at radius 2 is 2.12 bits per heavy atom. The number of anilines is 1. The van der Waals surface area contributed by atoms with Gasteiger partial charge in [-0.25, -0.2) is 4.98 Å². The van der Waals surface area contributed by atoms with Crippen LogP contribution in [0.4, 0.5) is 5.82 Å². The van der Waals surface area contributed by atoms with Gasteiger partial charge in [-0.1, -0.05) is 5.16 Å². The van der Waals surface area contributed by atoms with Crippen LogP contribution in [0.1, 0.15) is 12.2 Å². The molecule has 1 amide bonds. The van der Waals surface area contributed by atoms with Gasteiger partial charge in [-0.3, -0.25) is 4.79 Å². The molecule has 3 rings (SSSR count). The van der Waals surface area contributed by atoms with Gasteiger partial charge in [-0.05, 0) is 33.2 Å². The molecule has 0 spiro atoms. The average Bonchev–Trinajstić information content (AvgIpc) is 2.94. The lowest BCUT2D eigenvalue weighted by atomic mass is 10.2. The lowest BCUT2D eigenvalue weighted by molar-refractivity contribution is -0.130. The normalized spacial score (nSPS) is 15.8. The van der Waals surface area contributed by atoms with Crippen molar-refractivity contribution in [1.82, 2.24) is 24.9 Å². The van der Waals surface area contributed by atoms with Gasteiger partial charge in [0.15, 0.2) is 5.82 Å². The monoisotopic (exact) mass is 344 g/mol. The number of hydrogen-bond donors (Lipinski definition) is 0.